The van der Waals surface area contributed by atoms with Crippen molar-refractivity contribution in [3.8, 4) is 0 Å². The van der Waals surface area contributed by atoms with Crippen molar-refractivity contribution in [3.05, 3.63) is 33.4 Å². The van der Waals surface area contributed by atoms with Crippen LogP contribution in [0.2, 0.25) is 0 Å². The van der Waals surface area contributed by atoms with Gasteiger partial charge >= 0.3 is 0 Å². The molecule has 0 aliphatic rings. The molecule has 0 saturated carbocycles. The van der Waals surface area contributed by atoms with Crippen molar-refractivity contribution in [3.63, 3.8) is 0 Å². The molecule has 2 N–H and O–H groups in total. The molecular formula is C11H15N3O5S. The first-order valence-electron chi connectivity index (χ1n) is 5.57. The minimum Gasteiger partial charge on any atom is -0.369 e. The number of nitro groups is 1. The predicted octanol–water partition coefficient (Wildman–Crippen LogP) is 0.317. The van der Waals surface area contributed by atoms with E-state index in [-0.39, 0.29) is 0 Å². The Morgan fingerprint density at radius 2 is 1.85 bits per heavy atom. The molecule has 0 aliphatic carbocycles. The second-order valence-corrected chi connectivity index (χ2v) is 6.40. The van der Waals surface area contributed by atoms with Gasteiger partial charge in [0, 0.05) is 13.1 Å². The molecule has 9 heteroatoms. The van der Waals surface area contributed by atoms with Gasteiger partial charge in [0.15, 0.2) is 4.90 Å². The number of hydrogen-bond donors (Lipinski definition) is 1. The third-order valence-corrected chi connectivity index (χ3v) is 4.67. The van der Waals surface area contributed by atoms with Gasteiger partial charge in [0.25, 0.3) is 5.69 Å². The lowest BCUT2D eigenvalue weighted by Crippen LogP contribution is -2.35. The van der Waals surface area contributed by atoms with Crippen LogP contribution in [0.15, 0.2) is 17.0 Å². The van der Waals surface area contributed by atoms with Crippen LogP contribution in [0.5, 0.6) is 0 Å². The summed E-state index contributed by atoms with van der Waals surface area (Å²) in [6.07, 6.45) is 0. The van der Waals surface area contributed by atoms with Gasteiger partial charge in [-0.2, -0.15) is 4.31 Å². The average Bonchev–Trinajstić information content (AvgIpc) is 2.30. The van der Waals surface area contributed by atoms with Crippen LogP contribution in [0.25, 0.3) is 0 Å². The quantitative estimate of drug-likeness (QED) is 0.619. The van der Waals surface area contributed by atoms with Gasteiger partial charge < -0.3 is 5.73 Å². The lowest BCUT2D eigenvalue weighted by Gasteiger charge is -2.16. The van der Waals surface area contributed by atoms with Gasteiger partial charge in [-0.25, -0.2) is 8.42 Å². The summed E-state index contributed by atoms with van der Waals surface area (Å²) in [5, 5.41) is 11.0. The third kappa shape index (κ3) is 3.11. The number of primary amides is 1. The molecule has 0 fully saturated rings. The molecule has 0 bridgehead atoms. The van der Waals surface area contributed by atoms with E-state index in [1.807, 2.05) is 0 Å². The summed E-state index contributed by atoms with van der Waals surface area (Å²) >= 11 is 0. The van der Waals surface area contributed by atoms with Gasteiger partial charge in [0.05, 0.1) is 11.5 Å². The largest absolute Gasteiger partial charge is 0.369 e. The van der Waals surface area contributed by atoms with Crippen LogP contribution in [0.1, 0.15) is 11.1 Å². The van der Waals surface area contributed by atoms with E-state index in [0.717, 1.165) is 7.05 Å². The van der Waals surface area contributed by atoms with Gasteiger partial charge in [-0.15, -0.1) is 0 Å². The predicted molar refractivity (Wildman–Crippen MR) is 71.6 cm³/mol. The summed E-state index contributed by atoms with van der Waals surface area (Å²) in [7, 11) is -3.02. The maximum atomic E-state index is 12.3. The molecule has 0 spiro atoms. The van der Waals surface area contributed by atoms with E-state index in [1.165, 1.54) is 12.1 Å². The van der Waals surface area contributed by atoms with Crippen molar-refractivity contribution in [1.82, 2.24) is 4.31 Å². The van der Waals surface area contributed by atoms with E-state index < -0.39 is 38.0 Å². The Morgan fingerprint density at radius 1 is 1.35 bits per heavy atom. The zero-order valence-corrected chi connectivity index (χ0v) is 12.1. The number of nitro benzene ring substituents is 1. The van der Waals surface area contributed by atoms with E-state index in [0.29, 0.717) is 15.4 Å². The van der Waals surface area contributed by atoms with Crippen LogP contribution in [0.3, 0.4) is 0 Å². The topological polar surface area (TPSA) is 124 Å². The molecule has 1 aromatic carbocycles. The maximum Gasteiger partial charge on any atom is 0.289 e. The number of likely N-dealkylation sites (N-methyl/N-ethyl adjacent to an activating group) is 1. The Bertz CT molecular complexity index is 669. The monoisotopic (exact) mass is 301 g/mol. The molecule has 1 amide bonds. The van der Waals surface area contributed by atoms with Gasteiger partial charge in [0.2, 0.25) is 15.9 Å². The molecule has 8 nitrogen and oxygen atoms in total. The first kappa shape index (κ1) is 16.1. The van der Waals surface area contributed by atoms with Crippen molar-refractivity contribution in [2.75, 3.05) is 13.6 Å². The Morgan fingerprint density at radius 3 is 2.30 bits per heavy atom. The second-order valence-electron chi connectivity index (χ2n) is 4.39. The standard InChI is InChI=1S/C11H15N3O5S/c1-7-4-9(14(16)17)10(5-8(7)2)20(18,19)13(3)6-11(12)15/h4-5H,6H2,1-3H3,(H2,12,15). The number of carbonyl (C=O) groups excluding carboxylic acids is 1. The number of rotatable bonds is 5. The fourth-order valence-electron chi connectivity index (χ4n) is 1.60. The number of amides is 1. The van der Waals surface area contributed by atoms with E-state index >= 15 is 0 Å². The molecule has 0 unspecified atom stereocenters. The van der Waals surface area contributed by atoms with E-state index in [2.05, 4.69) is 0 Å². The highest BCUT2D eigenvalue weighted by molar-refractivity contribution is 7.89. The smallest absolute Gasteiger partial charge is 0.289 e. The molecule has 0 heterocycles. The van der Waals surface area contributed by atoms with E-state index in [9.17, 15) is 23.3 Å². The Balaban J connectivity index is 3.48. The summed E-state index contributed by atoms with van der Waals surface area (Å²) in [5.74, 6) is -0.845. The fourth-order valence-corrected chi connectivity index (χ4v) is 2.95. The number of carbonyl (C=O) groups is 1. The summed E-state index contributed by atoms with van der Waals surface area (Å²) in [5.41, 5.74) is 5.62. The number of benzene rings is 1. The number of nitrogens with zero attached hydrogens (tertiary/aromatic N) is 2. The molecule has 110 valence electrons. The fraction of sp³-hybridized carbons (Fsp3) is 0.364. The lowest BCUT2D eigenvalue weighted by molar-refractivity contribution is -0.387. The maximum absolute atomic E-state index is 12.3. The molecule has 0 saturated heterocycles. The van der Waals surface area contributed by atoms with Gasteiger partial charge in [-0.05, 0) is 31.0 Å². The lowest BCUT2D eigenvalue weighted by atomic mass is 10.1. The summed E-state index contributed by atoms with van der Waals surface area (Å²) in [6.45, 7) is 2.74. The van der Waals surface area contributed by atoms with Crippen LogP contribution in [-0.2, 0) is 14.8 Å². The van der Waals surface area contributed by atoms with Crippen molar-refractivity contribution in [2.24, 2.45) is 5.73 Å². The summed E-state index contributed by atoms with van der Waals surface area (Å²) in [4.78, 5) is 20.6. The van der Waals surface area contributed by atoms with Gasteiger partial charge in [-0.1, -0.05) is 0 Å². The molecule has 0 aliphatic heterocycles. The molecular weight excluding hydrogens is 286 g/mol. The van der Waals surface area contributed by atoms with Crippen molar-refractivity contribution < 1.29 is 18.1 Å². The van der Waals surface area contributed by atoms with Crippen LogP contribution < -0.4 is 5.73 Å². The number of aryl methyl sites for hydroxylation is 2. The molecule has 0 aromatic heterocycles. The SMILES string of the molecule is Cc1cc([N+](=O)[O-])c(S(=O)(=O)N(C)CC(N)=O)cc1C. The zero-order chi connectivity index (χ0) is 15.7. The van der Waals surface area contributed by atoms with Crippen molar-refractivity contribution >= 4 is 21.6 Å². The zero-order valence-electron chi connectivity index (χ0n) is 11.3. The van der Waals surface area contributed by atoms with Crippen LogP contribution in [0.4, 0.5) is 5.69 Å². The number of sulfonamides is 1. The van der Waals surface area contributed by atoms with E-state index in [4.69, 9.17) is 5.73 Å². The molecule has 1 rings (SSSR count). The van der Waals surface area contributed by atoms with Crippen LogP contribution in [-0.4, -0.2) is 37.1 Å². The van der Waals surface area contributed by atoms with Crippen LogP contribution >= 0.6 is 0 Å². The summed E-state index contributed by atoms with van der Waals surface area (Å²) < 4.78 is 25.2. The normalized spacial score (nSPS) is 11.6. The highest BCUT2D eigenvalue weighted by Gasteiger charge is 2.30. The number of nitrogens with two attached hydrogens (primary N) is 1. The summed E-state index contributed by atoms with van der Waals surface area (Å²) in [6, 6.07) is 2.42. The second kappa shape index (κ2) is 5.55. The first-order valence-corrected chi connectivity index (χ1v) is 7.01. The van der Waals surface area contributed by atoms with E-state index in [1.54, 1.807) is 13.8 Å². The number of hydrogen-bond acceptors (Lipinski definition) is 5. The Kier molecular flexibility index (Phi) is 4.46. The van der Waals surface area contributed by atoms with Crippen molar-refractivity contribution in [1.29, 1.82) is 0 Å². The highest BCUT2D eigenvalue weighted by Crippen LogP contribution is 2.29. The molecule has 0 atom stereocenters. The minimum absolute atomic E-state index is 0.450. The van der Waals surface area contributed by atoms with Crippen molar-refractivity contribution in [2.45, 2.75) is 18.7 Å². The molecule has 0 radical (unpaired) electrons. The average molecular weight is 301 g/mol. The van der Waals surface area contributed by atoms with Crippen LogP contribution in [0, 0.1) is 24.0 Å². The highest BCUT2D eigenvalue weighted by atomic mass is 32.2. The Labute approximate surface area is 116 Å². The minimum atomic E-state index is -4.16. The molecule has 1 aromatic rings. The molecule has 20 heavy (non-hydrogen) atoms. The Hall–Kier alpha value is -2.00. The van der Waals surface area contributed by atoms with Gasteiger partial charge in [-0.3, -0.25) is 14.9 Å². The first-order chi connectivity index (χ1) is 9.07. The third-order valence-electron chi connectivity index (χ3n) is 2.84. The van der Waals surface area contributed by atoms with Gasteiger partial charge in [0.1, 0.15) is 0 Å².